The molecule has 1 aromatic heterocycles. The number of anilines is 2. The summed E-state index contributed by atoms with van der Waals surface area (Å²) < 4.78 is 13.5. The van der Waals surface area contributed by atoms with Gasteiger partial charge in [-0.1, -0.05) is 11.6 Å². The second-order valence-corrected chi connectivity index (χ2v) is 4.39. The lowest BCUT2D eigenvalue weighted by Gasteiger charge is -2.08. The summed E-state index contributed by atoms with van der Waals surface area (Å²) in [5, 5.41) is 2.90. The van der Waals surface area contributed by atoms with Gasteiger partial charge >= 0.3 is 0 Å². The van der Waals surface area contributed by atoms with Crippen LogP contribution in [0.15, 0.2) is 30.6 Å². The summed E-state index contributed by atoms with van der Waals surface area (Å²) in [5.74, 6) is -1.03. The number of amides is 1. The molecule has 0 aliphatic rings. The van der Waals surface area contributed by atoms with Crippen LogP contribution in [0.4, 0.5) is 15.8 Å². The van der Waals surface area contributed by atoms with Crippen molar-refractivity contribution in [3.63, 3.8) is 0 Å². The molecular formula is C13H11ClFN3O. The second-order valence-electron chi connectivity index (χ2n) is 3.98. The number of benzene rings is 1. The number of nitrogen functional groups attached to an aromatic ring is 1. The van der Waals surface area contributed by atoms with Gasteiger partial charge in [-0.2, -0.15) is 0 Å². The summed E-state index contributed by atoms with van der Waals surface area (Å²) in [6.45, 7) is 1.55. The van der Waals surface area contributed by atoms with Crippen LogP contribution in [0.3, 0.4) is 0 Å². The largest absolute Gasteiger partial charge is 0.398 e. The predicted molar refractivity (Wildman–Crippen MR) is 72.7 cm³/mol. The van der Waals surface area contributed by atoms with E-state index in [2.05, 4.69) is 10.3 Å². The number of aromatic nitrogens is 1. The van der Waals surface area contributed by atoms with Crippen molar-refractivity contribution in [2.24, 2.45) is 0 Å². The van der Waals surface area contributed by atoms with E-state index in [9.17, 15) is 9.18 Å². The van der Waals surface area contributed by atoms with E-state index in [-0.39, 0.29) is 11.3 Å². The van der Waals surface area contributed by atoms with Gasteiger partial charge in [0, 0.05) is 23.0 Å². The van der Waals surface area contributed by atoms with Gasteiger partial charge in [0.15, 0.2) is 0 Å². The first-order valence-electron chi connectivity index (χ1n) is 5.45. The van der Waals surface area contributed by atoms with E-state index in [4.69, 9.17) is 17.3 Å². The minimum Gasteiger partial charge on any atom is -0.398 e. The van der Waals surface area contributed by atoms with Gasteiger partial charge < -0.3 is 11.1 Å². The fourth-order valence-corrected chi connectivity index (χ4v) is 1.65. The Kier molecular flexibility index (Phi) is 3.66. The monoisotopic (exact) mass is 279 g/mol. The molecule has 6 heteroatoms. The zero-order chi connectivity index (χ0) is 14.0. The topological polar surface area (TPSA) is 68.0 Å². The number of halogens is 2. The molecule has 0 unspecified atom stereocenters. The Labute approximate surface area is 114 Å². The number of nitrogens with two attached hydrogens (primary N) is 1. The first kappa shape index (κ1) is 13.3. The Morgan fingerprint density at radius 1 is 1.47 bits per heavy atom. The van der Waals surface area contributed by atoms with Crippen LogP contribution in [0.5, 0.6) is 0 Å². The predicted octanol–water partition coefficient (Wildman–Crippen LogP) is 3.02. The van der Waals surface area contributed by atoms with Gasteiger partial charge in [-0.15, -0.1) is 0 Å². The van der Waals surface area contributed by atoms with Crippen molar-refractivity contribution >= 4 is 28.9 Å². The lowest BCUT2D eigenvalue weighted by atomic mass is 10.1. The van der Waals surface area contributed by atoms with Gasteiger partial charge in [-0.25, -0.2) is 4.39 Å². The summed E-state index contributed by atoms with van der Waals surface area (Å²) >= 11 is 5.89. The molecule has 0 atom stereocenters. The third-order valence-electron chi connectivity index (χ3n) is 2.66. The minimum atomic E-state index is -0.526. The Morgan fingerprint density at radius 3 is 2.84 bits per heavy atom. The highest BCUT2D eigenvalue weighted by molar-refractivity contribution is 6.33. The molecule has 2 rings (SSSR count). The van der Waals surface area contributed by atoms with Gasteiger partial charge in [-0.3, -0.25) is 9.78 Å². The molecule has 98 valence electrons. The van der Waals surface area contributed by atoms with E-state index in [1.807, 2.05) is 0 Å². The minimum absolute atomic E-state index is 0.125. The smallest absolute Gasteiger partial charge is 0.255 e. The van der Waals surface area contributed by atoms with Crippen LogP contribution < -0.4 is 11.1 Å². The van der Waals surface area contributed by atoms with Crippen molar-refractivity contribution in [2.75, 3.05) is 11.1 Å². The standard InChI is InChI=1S/C13H11ClFN3O/c1-7-10(15)4-8(5-11(7)16)13(19)18-12-6-17-3-2-9(12)14/h2-6H,16H2,1H3,(H,18,19). The molecule has 0 aliphatic heterocycles. The number of carbonyl (C=O) groups excluding carboxylic acids is 1. The first-order valence-corrected chi connectivity index (χ1v) is 5.83. The molecule has 0 radical (unpaired) electrons. The molecule has 0 fully saturated rings. The highest BCUT2D eigenvalue weighted by Gasteiger charge is 2.12. The molecule has 0 aliphatic carbocycles. The summed E-state index contributed by atoms with van der Waals surface area (Å²) in [6.07, 6.45) is 2.91. The van der Waals surface area contributed by atoms with E-state index in [1.165, 1.54) is 18.5 Å². The average Bonchev–Trinajstić information content (AvgIpc) is 2.38. The number of hydrogen-bond donors (Lipinski definition) is 2. The zero-order valence-corrected chi connectivity index (χ0v) is 10.8. The van der Waals surface area contributed by atoms with Crippen molar-refractivity contribution in [3.8, 4) is 0 Å². The second kappa shape index (κ2) is 5.24. The average molecular weight is 280 g/mol. The quantitative estimate of drug-likeness (QED) is 0.830. The highest BCUT2D eigenvalue weighted by Crippen LogP contribution is 2.22. The Hall–Kier alpha value is -2.14. The molecule has 0 bridgehead atoms. The van der Waals surface area contributed by atoms with Crippen molar-refractivity contribution < 1.29 is 9.18 Å². The maximum atomic E-state index is 13.5. The van der Waals surface area contributed by atoms with Crippen molar-refractivity contribution in [3.05, 3.63) is 52.6 Å². The van der Waals surface area contributed by atoms with Crippen LogP contribution >= 0.6 is 11.6 Å². The maximum Gasteiger partial charge on any atom is 0.255 e. The fourth-order valence-electron chi connectivity index (χ4n) is 1.50. The van der Waals surface area contributed by atoms with E-state index in [0.717, 1.165) is 6.07 Å². The lowest BCUT2D eigenvalue weighted by Crippen LogP contribution is -2.13. The molecule has 2 aromatic rings. The zero-order valence-electron chi connectivity index (χ0n) is 10.1. The summed E-state index contributed by atoms with van der Waals surface area (Å²) in [6, 6.07) is 4.09. The van der Waals surface area contributed by atoms with Crippen molar-refractivity contribution in [2.45, 2.75) is 6.92 Å². The van der Waals surface area contributed by atoms with E-state index >= 15 is 0 Å². The summed E-state index contributed by atoms with van der Waals surface area (Å²) in [5.41, 5.74) is 6.65. The first-order chi connectivity index (χ1) is 8.99. The van der Waals surface area contributed by atoms with Gasteiger partial charge in [-0.05, 0) is 25.1 Å². The Morgan fingerprint density at radius 2 is 2.21 bits per heavy atom. The number of nitrogens with zero attached hydrogens (tertiary/aromatic N) is 1. The van der Waals surface area contributed by atoms with Crippen LogP contribution in [0.2, 0.25) is 5.02 Å². The molecule has 0 spiro atoms. The lowest BCUT2D eigenvalue weighted by molar-refractivity contribution is 0.102. The van der Waals surface area contributed by atoms with Gasteiger partial charge in [0.25, 0.3) is 5.91 Å². The molecule has 19 heavy (non-hydrogen) atoms. The molecular weight excluding hydrogens is 269 g/mol. The van der Waals surface area contributed by atoms with E-state index in [1.54, 1.807) is 13.0 Å². The van der Waals surface area contributed by atoms with Crippen LogP contribution in [-0.4, -0.2) is 10.9 Å². The maximum absolute atomic E-state index is 13.5. The molecule has 1 heterocycles. The van der Waals surface area contributed by atoms with Crippen LogP contribution in [0, 0.1) is 12.7 Å². The molecule has 0 saturated heterocycles. The molecule has 3 N–H and O–H groups in total. The molecule has 1 amide bonds. The van der Waals surface area contributed by atoms with E-state index < -0.39 is 11.7 Å². The number of pyridine rings is 1. The molecule has 1 aromatic carbocycles. The summed E-state index contributed by atoms with van der Waals surface area (Å²) in [7, 11) is 0. The number of hydrogen-bond acceptors (Lipinski definition) is 3. The van der Waals surface area contributed by atoms with Crippen molar-refractivity contribution in [1.82, 2.24) is 4.98 Å². The van der Waals surface area contributed by atoms with Crippen LogP contribution in [0.25, 0.3) is 0 Å². The summed E-state index contributed by atoms with van der Waals surface area (Å²) in [4.78, 5) is 15.8. The third-order valence-corrected chi connectivity index (χ3v) is 2.99. The molecule has 0 saturated carbocycles. The number of rotatable bonds is 2. The SMILES string of the molecule is Cc1c(N)cc(C(=O)Nc2cnccc2Cl)cc1F. The van der Waals surface area contributed by atoms with Gasteiger partial charge in [0.05, 0.1) is 16.9 Å². The van der Waals surface area contributed by atoms with Crippen LogP contribution in [0.1, 0.15) is 15.9 Å². The highest BCUT2D eigenvalue weighted by atomic mass is 35.5. The Balaban J connectivity index is 2.28. The molecule has 4 nitrogen and oxygen atoms in total. The van der Waals surface area contributed by atoms with Crippen LogP contribution in [-0.2, 0) is 0 Å². The third kappa shape index (κ3) is 2.82. The van der Waals surface area contributed by atoms with Gasteiger partial charge in [0.2, 0.25) is 0 Å². The Bertz CT molecular complexity index is 623. The van der Waals surface area contributed by atoms with E-state index in [0.29, 0.717) is 16.3 Å². The number of nitrogens with one attached hydrogen (secondary N) is 1. The van der Waals surface area contributed by atoms with Crippen molar-refractivity contribution in [1.29, 1.82) is 0 Å². The normalized spacial score (nSPS) is 10.3. The van der Waals surface area contributed by atoms with Gasteiger partial charge in [0.1, 0.15) is 5.82 Å². The fraction of sp³-hybridized carbons (Fsp3) is 0.0769. The number of carbonyl (C=O) groups is 1.